The van der Waals surface area contributed by atoms with E-state index >= 15 is 0 Å². The Bertz CT molecular complexity index is 1020. The van der Waals surface area contributed by atoms with E-state index in [1.54, 1.807) is 6.07 Å². The zero-order valence-electron chi connectivity index (χ0n) is 17.5. The van der Waals surface area contributed by atoms with Crippen molar-refractivity contribution in [1.29, 1.82) is 5.26 Å². The minimum atomic E-state index is -0.0764. The van der Waals surface area contributed by atoms with Crippen LogP contribution < -0.4 is 10.9 Å². The molecule has 1 fully saturated rings. The molecule has 0 aliphatic carbocycles. The van der Waals surface area contributed by atoms with Crippen molar-refractivity contribution >= 4 is 5.91 Å². The minimum absolute atomic E-state index is 0.0199. The molecule has 1 N–H and O–H groups in total. The van der Waals surface area contributed by atoms with Gasteiger partial charge in [-0.2, -0.15) is 5.26 Å². The molecule has 2 aliphatic heterocycles. The van der Waals surface area contributed by atoms with Crippen LogP contribution in [0.3, 0.4) is 0 Å². The summed E-state index contributed by atoms with van der Waals surface area (Å²) in [5.41, 5.74) is 2.95. The molecule has 0 radical (unpaired) electrons. The molecule has 0 unspecified atom stereocenters. The first-order valence-corrected chi connectivity index (χ1v) is 10.7. The van der Waals surface area contributed by atoms with Gasteiger partial charge in [0.05, 0.1) is 17.7 Å². The normalized spacial score (nSPS) is 22.9. The number of likely N-dealkylation sites (tertiary alicyclic amines) is 1. The van der Waals surface area contributed by atoms with Crippen LogP contribution in [0.5, 0.6) is 0 Å². The van der Waals surface area contributed by atoms with Gasteiger partial charge in [0.25, 0.3) is 5.56 Å². The molecule has 0 saturated carbocycles. The van der Waals surface area contributed by atoms with Gasteiger partial charge in [0.2, 0.25) is 5.91 Å². The Hall–Kier alpha value is -2.91. The fourth-order valence-electron chi connectivity index (χ4n) is 4.88. The number of pyridine rings is 1. The van der Waals surface area contributed by atoms with E-state index in [9.17, 15) is 9.59 Å². The zero-order chi connectivity index (χ0) is 21.3. The number of nitrogens with one attached hydrogen (secondary N) is 1. The Balaban J connectivity index is 1.58. The Morgan fingerprint density at radius 3 is 2.67 bits per heavy atom. The number of benzene rings is 1. The summed E-state index contributed by atoms with van der Waals surface area (Å²) in [4.78, 5) is 27.4. The number of piperidine rings is 1. The first kappa shape index (κ1) is 20.4. The second kappa shape index (κ2) is 8.45. The predicted molar refractivity (Wildman–Crippen MR) is 115 cm³/mol. The van der Waals surface area contributed by atoms with Crippen molar-refractivity contribution in [2.24, 2.45) is 11.8 Å². The van der Waals surface area contributed by atoms with E-state index in [0.29, 0.717) is 23.9 Å². The van der Waals surface area contributed by atoms with Crippen LogP contribution in [0.15, 0.2) is 47.3 Å². The highest BCUT2D eigenvalue weighted by Gasteiger charge is 2.40. The Morgan fingerprint density at radius 1 is 1.20 bits per heavy atom. The molecular formula is C24H28N4O2. The Kier molecular flexibility index (Phi) is 5.74. The molecule has 6 nitrogen and oxygen atoms in total. The lowest BCUT2D eigenvalue weighted by Gasteiger charge is -2.47. The lowest BCUT2D eigenvalue weighted by atomic mass is 9.78. The number of hydrogen-bond acceptors (Lipinski definition) is 4. The highest BCUT2D eigenvalue weighted by molar-refractivity contribution is 5.77. The first-order valence-electron chi connectivity index (χ1n) is 10.7. The molecule has 1 saturated heterocycles. The molecule has 3 atom stereocenters. The summed E-state index contributed by atoms with van der Waals surface area (Å²) in [5.74, 6) is 0.565. The van der Waals surface area contributed by atoms with E-state index in [1.165, 1.54) is 5.56 Å². The van der Waals surface area contributed by atoms with Gasteiger partial charge in [-0.05, 0) is 36.1 Å². The number of fused-ring (bicyclic) bond motifs is 4. The number of nitrogens with zero attached hydrogens (tertiary/aromatic N) is 3. The average molecular weight is 405 g/mol. The average Bonchev–Trinajstić information content (AvgIpc) is 2.74. The van der Waals surface area contributed by atoms with Gasteiger partial charge in [-0.1, -0.05) is 32.0 Å². The Labute approximate surface area is 177 Å². The summed E-state index contributed by atoms with van der Waals surface area (Å²) in [6.07, 6.45) is 1.04. The summed E-state index contributed by atoms with van der Waals surface area (Å²) in [5, 5.41) is 12.1. The number of rotatable bonds is 5. The number of nitriles is 1. The molecule has 1 aromatic carbocycles. The quantitative estimate of drug-likeness (QED) is 0.831. The van der Waals surface area contributed by atoms with Crippen molar-refractivity contribution in [3.05, 3.63) is 69.6 Å². The molecule has 156 valence electrons. The second-order valence-corrected chi connectivity index (χ2v) is 8.82. The maximum Gasteiger partial charge on any atom is 0.251 e. The summed E-state index contributed by atoms with van der Waals surface area (Å²) in [7, 11) is 0. The van der Waals surface area contributed by atoms with Gasteiger partial charge in [-0.25, -0.2) is 0 Å². The number of aromatic nitrogens is 1. The monoisotopic (exact) mass is 404 g/mol. The van der Waals surface area contributed by atoms with Crippen molar-refractivity contribution in [1.82, 2.24) is 14.8 Å². The van der Waals surface area contributed by atoms with Crippen LogP contribution in [-0.2, 0) is 11.3 Å². The maximum atomic E-state index is 12.7. The van der Waals surface area contributed by atoms with Crippen molar-refractivity contribution in [3.63, 3.8) is 0 Å². The fraction of sp³-hybridized carbons (Fsp3) is 0.458. The molecule has 6 heteroatoms. The van der Waals surface area contributed by atoms with Crippen LogP contribution >= 0.6 is 0 Å². The number of amides is 1. The van der Waals surface area contributed by atoms with E-state index in [0.717, 1.165) is 31.7 Å². The van der Waals surface area contributed by atoms with Gasteiger partial charge < -0.3 is 9.88 Å². The van der Waals surface area contributed by atoms with Crippen molar-refractivity contribution < 1.29 is 4.79 Å². The third-order valence-corrected chi connectivity index (χ3v) is 6.37. The molecule has 3 heterocycles. The van der Waals surface area contributed by atoms with Crippen LogP contribution in [0.4, 0.5) is 0 Å². The lowest BCUT2D eigenvalue weighted by molar-refractivity contribution is -0.124. The van der Waals surface area contributed by atoms with Crippen LogP contribution in [0.2, 0.25) is 0 Å². The largest absolute Gasteiger partial charge is 0.354 e. The third kappa shape index (κ3) is 4.03. The third-order valence-electron chi connectivity index (χ3n) is 6.37. The summed E-state index contributed by atoms with van der Waals surface area (Å²) < 4.78 is 1.93. The molecule has 0 spiro atoms. The molecular weight excluding hydrogens is 376 g/mol. The van der Waals surface area contributed by atoms with Crippen molar-refractivity contribution in [2.75, 3.05) is 19.6 Å². The molecule has 2 aromatic rings. The highest BCUT2D eigenvalue weighted by atomic mass is 16.2. The van der Waals surface area contributed by atoms with Crippen LogP contribution in [0.25, 0.3) is 0 Å². The molecule has 4 rings (SSSR count). The fourth-order valence-corrected chi connectivity index (χ4v) is 4.88. The molecule has 30 heavy (non-hydrogen) atoms. The number of carbonyl (C=O) groups is 1. The van der Waals surface area contributed by atoms with E-state index in [-0.39, 0.29) is 23.4 Å². The maximum absolute atomic E-state index is 12.7. The summed E-state index contributed by atoms with van der Waals surface area (Å²) in [6.45, 7) is 6.86. The van der Waals surface area contributed by atoms with Gasteiger partial charge in [-0.15, -0.1) is 0 Å². The van der Waals surface area contributed by atoms with Gasteiger partial charge in [0.1, 0.15) is 0 Å². The smallest absolute Gasteiger partial charge is 0.251 e. The minimum Gasteiger partial charge on any atom is -0.354 e. The highest BCUT2D eigenvalue weighted by Crippen LogP contribution is 2.41. The summed E-state index contributed by atoms with van der Waals surface area (Å²) in [6, 6.07) is 15.4. The van der Waals surface area contributed by atoms with Crippen molar-refractivity contribution in [2.45, 2.75) is 38.8 Å². The molecule has 1 amide bonds. The standard InChI is InChI=1S/C24H28N4O2/c1-16(2)24(30)26-12-22-20-10-19(21-4-3-5-23(29)28(21)22)14-27(15-20)13-18-8-6-17(11-25)7-9-18/h3-9,16,19-20,22H,10,12-15H2,1-2H3,(H,26,30)/t19-,20+,22+/m1/s1. The zero-order valence-corrected chi connectivity index (χ0v) is 17.5. The molecule has 1 aromatic heterocycles. The topological polar surface area (TPSA) is 78.1 Å². The van der Waals surface area contributed by atoms with Gasteiger partial charge in [-0.3, -0.25) is 14.5 Å². The number of hydrogen-bond donors (Lipinski definition) is 1. The van der Waals surface area contributed by atoms with E-state index < -0.39 is 0 Å². The van der Waals surface area contributed by atoms with Gasteiger partial charge >= 0.3 is 0 Å². The van der Waals surface area contributed by atoms with Crippen molar-refractivity contribution in [3.8, 4) is 6.07 Å². The van der Waals surface area contributed by atoms with Crippen LogP contribution in [0.1, 0.15) is 49.0 Å². The molecule has 2 aliphatic rings. The second-order valence-electron chi connectivity index (χ2n) is 8.82. The first-order chi connectivity index (χ1) is 14.5. The van der Waals surface area contributed by atoms with E-state index in [2.05, 4.69) is 22.4 Å². The summed E-state index contributed by atoms with van der Waals surface area (Å²) >= 11 is 0. The van der Waals surface area contributed by atoms with Crippen LogP contribution in [0, 0.1) is 23.2 Å². The van der Waals surface area contributed by atoms with E-state index in [4.69, 9.17) is 5.26 Å². The Morgan fingerprint density at radius 2 is 1.97 bits per heavy atom. The lowest BCUT2D eigenvalue weighted by Crippen LogP contribution is -2.51. The SMILES string of the molecule is CC(C)C(=O)NC[C@H]1[C@H]2C[C@H](CN(Cc3ccc(C#N)cc3)C2)c2cccc(=O)n21. The van der Waals surface area contributed by atoms with Gasteiger partial charge in [0, 0.05) is 49.8 Å². The number of carbonyl (C=O) groups excluding carboxylic acids is 1. The van der Waals surface area contributed by atoms with Gasteiger partial charge in [0.15, 0.2) is 0 Å². The molecule has 2 bridgehead atoms. The predicted octanol–water partition coefficient (Wildman–Crippen LogP) is 2.65. The van der Waals surface area contributed by atoms with E-state index in [1.807, 2.05) is 48.7 Å². The van der Waals surface area contributed by atoms with Crippen LogP contribution in [-0.4, -0.2) is 35.0 Å².